The Hall–Kier alpha value is -1.12. The van der Waals surface area contributed by atoms with Crippen molar-refractivity contribution in [1.82, 2.24) is 4.98 Å². The Morgan fingerprint density at radius 1 is 1.00 bits per heavy atom. The van der Waals surface area contributed by atoms with Crippen LogP contribution in [0.3, 0.4) is 0 Å². The minimum atomic E-state index is -1.92. The van der Waals surface area contributed by atoms with Gasteiger partial charge in [0.2, 0.25) is 0 Å². The third-order valence-corrected chi connectivity index (χ3v) is 8.80. The summed E-state index contributed by atoms with van der Waals surface area (Å²) in [6.45, 7) is 16.3. The van der Waals surface area contributed by atoms with Gasteiger partial charge in [-0.15, -0.1) is 0 Å². The quantitative estimate of drug-likeness (QED) is 0.760. The highest BCUT2D eigenvalue weighted by Crippen LogP contribution is 2.35. The van der Waals surface area contributed by atoms with Crippen molar-refractivity contribution >= 4 is 13.4 Å². The largest absolute Gasteiger partial charge is 0.326 e. The molecule has 23 heavy (non-hydrogen) atoms. The van der Waals surface area contributed by atoms with Crippen molar-refractivity contribution in [3.8, 4) is 0 Å². The molecule has 0 aliphatic heterocycles. The van der Waals surface area contributed by atoms with Crippen LogP contribution in [0.15, 0.2) is 53.3 Å². The van der Waals surface area contributed by atoms with E-state index in [1.165, 1.54) is 5.19 Å². The van der Waals surface area contributed by atoms with Gasteiger partial charge >= 0.3 is 0 Å². The van der Waals surface area contributed by atoms with Crippen LogP contribution in [0.5, 0.6) is 0 Å². The van der Waals surface area contributed by atoms with E-state index in [0.717, 1.165) is 12.8 Å². The first-order chi connectivity index (χ1) is 10.5. The molecular weight excluding hydrogens is 294 g/mol. The van der Waals surface area contributed by atoms with Crippen molar-refractivity contribution in [2.45, 2.75) is 66.5 Å². The zero-order chi connectivity index (χ0) is 17.3. The molecular formula is C21H33NSi. The van der Waals surface area contributed by atoms with Gasteiger partial charge < -0.3 is 4.98 Å². The molecule has 0 heterocycles. The molecule has 1 aromatic carbocycles. The zero-order valence-corrected chi connectivity index (χ0v) is 17.0. The van der Waals surface area contributed by atoms with Crippen molar-refractivity contribution in [1.29, 1.82) is 0 Å². The molecule has 0 bridgehead atoms. The maximum Gasteiger partial charge on any atom is 0.183 e. The molecule has 0 saturated carbocycles. The molecule has 0 amide bonds. The maximum atomic E-state index is 4.05. The molecule has 1 aliphatic rings. The van der Waals surface area contributed by atoms with Gasteiger partial charge in [0.15, 0.2) is 8.24 Å². The fraction of sp³-hybridized carbons (Fsp3) is 0.524. The second-order valence-electron chi connectivity index (χ2n) is 9.21. The van der Waals surface area contributed by atoms with Gasteiger partial charge in [0.05, 0.1) is 0 Å². The van der Waals surface area contributed by atoms with Crippen LogP contribution >= 0.6 is 0 Å². The summed E-state index contributed by atoms with van der Waals surface area (Å²) in [5, 5.41) is 3.15. The van der Waals surface area contributed by atoms with E-state index in [0.29, 0.717) is 5.41 Å². The van der Waals surface area contributed by atoms with Gasteiger partial charge in [0.25, 0.3) is 0 Å². The number of nitrogens with one attached hydrogen (secondary N) is 1. The van der Waals surface area contributed by atoms with Crippen molar-refractivity contribution in [3.63, 3.8) is 0 Å². The molecule has 0 spiro atoms. The number of rotatable bonds is 4. The van der Waals surface area contributed by atoms with Gasteiger partial charge in [-0.25, -0.2) is 0 Å². The molecule has 1 aliphatic carbocycles. The number of allylic oxidation sites excluding steroid dienone is 4. The summed E-state index contributed by atoms with van der Waals surface area (Å²) in [7, 11) is -1.92. The van der Waals surface area contributed by atoms with E-state index >= 15 is 0 Å². The minimum absolute atomic E-state index is 0.110. The predicted octanol–water partition coefficient (Wildman–Crippen LogP) is 5.09. The lowest BCUT2D eigenvalue weighted by molar-refractivity contribution is 0.413. The third kappa shape index (κ3) is 4.68. The van der Waals surface area contributed by atoms with E-state index in [1.54, 1.807) is 10.8 Å². The van der Waals surface area contributed by atoms with Crippen LogP contribution < -0.4 is 10.2 Å². The fourth-order valence-corrected chi connectivity index (χ4v) is 8.00. The zero-order valence-electron chi connectivity index (χ0n) is 16.0. The van der Waals surface area contributed by atoms with Crippen molar-refractivity contribution in [3.05, 3.63) is 53.3 Å². The first-order valence-corrected chi connectivity index (χ1v) is 11.3. The molecule has 1 atom stereocenters. The molecule has 2 heteroatoms. The highest BCUT2D eigenvalue weighted by atomic mass is 28.3. The Morgan fingerprint density at radius 3 is 2.13 bits per heavy atom. The molecule has 1 aromatic rings. The Morgan fingerprint density at radius 2 is 1.61 bits per heavy atom. The summed E-state index contributed by atoms with van der Waals surface area (Å²) in [5.41, 5.74) is 2.00. The van der Waals surface area contributed by atoms with Crippen molar-refractivity contribution in [2.24, 2.45) is 5.41 Å². The molecule has 0 saturated heterocycles. The molecule has 0 radical (unpaired) electrons. The third-order valence-electron chi connectivity index (χ3n) is 4.33. The van der Waals surface area contributed by atoms with Crippen LogP contribution in [-0.2, 0) is 0 Å². The van der Waals surface area contributed by atoms with Crippen LogP contribution in [-0.4, -0.2) is 13.8 Å². The van der Waals surface area contributed by atoms with E-state index in [2.05, 4.69) is 95.6 Å². The maximum absolute atomic E-state index is 4.05. The lowest BCUT2D eigenvalue weighted by atomic mass is 9.88. The van der Waals surface area contributed by atoms with Gasteiger partial charge in [-0.1, -0.05) is 74.0 Å². The second-order valence-corrected chi connectivity index (χ2v) is 12.9. The van der Waals surface area contributed by atoms with Gasteiger partial charge in [-0.2, -0.15) is 0 Å². The highest BCUT2D eigenvalue weighted by Gasteiger charge is 2.39. The lowest BCUT2D eigenvalue weighted by Gasteiger charge is -2.39. The monoisotopic (exact) mass is 327 g/mol. The fourth-order valence-electron chi connectivity index (χ4n) is 3.66. The summed E-state index contributed by atoms with van der Waals surface area (Å²) in [6, 6.07) is 11.1. The van der Waals surface area contributed by atoms with Gasteiger partial charge in [0.1, 0.15) is 0 Å². The number of hydrogen-bond acceptors (Lipinski definition) is 1. The second kappa shape index (κ2) is 6.41. The molecule has 2 rings (SSSR count). The number of hydrogen-bond donors (Lipinski definition) is 1. The first-order valence-electron chi connectivity index (χ1n) is 8.75. The van der Waals surface area contributed by atoms with Gasteiger partial charge in [0, 0.05) is 5.54 Å². The Balaban J connectivity index is 2.52. The predicted molar refractivity (Wildman–Crippen MR) is 105 cm³/mol. The van der Waals surface area contributed by atoms with Crippen LogP contribution in [0, 0.1) is 5.41 Å². The minimum Gasteiger partial charge on any atom is -0.326 e. The highest BCUT2D eigenvalue weighted by molar-refractivity contribution is 6.95. The molecule has 0 fully saturated rings. The first kappa shape index (κ1) is 18.2. The Labute approximate surface area is 144 Å². The average molecular weight is 328 g/mol. The van der Waals surface area contributed by atoms with E-state index in [1.807, 2.05) is 0 Å². The Kier molecular flexibility index (Phi) is 5.08. The van der Waals surface area contributed by atoms with E-state index in [-0.39, 0.29) is 5.54 Å². The topological polar surface area (TPSA) is 12.0 Å². The Bertz CT molecular complexity index is 599. The normalized spacial score (nSPS) is 18.4. The van der Waals surface area contributed by atoms with E-state index < -0.39 is 8.24 Å². The van der Waals surface area contributed by atoms with Crippen LogP contribution in [0.1, 0.15) is 54.4 Å². The molecule has 1 nitrogen and oxygen atoms in total. The van der Waals surface area contributed by atoms with Crippen LogP contribution in [0.2, 0.25) is 6.55 Å². The summed E-state index contributed by atoms with van der Waals surface area (Å²) < 4.78 is 0. The van der Waals surface area contributed by atoms with Crippen molar-refractivity contribution in [2.75, 3.05) is 0 Å². The van der Waals surface area contributed by atoms with Crippen LogP contribution in [0.4, 0.5) is 0 Å². The molecule has 0 aromatic heterocycles. The lowest BCUT2D eigenvalue weighted by Crippen LogP contribution is -2.65. The molecule has 1 N–H and O–H groups in total. The SMILES string of the molecule is CC(C)(C)CC1=C([Si](C)(NC(C)(C)C)c2ccccc2)CC=C1. The summed E-state index contributed by atoms with van der Waals surface area (Å²) in [4.78, 5) is 4.05. The van der Waals surface area contributed by atoms with Crippen molar-refractivity contribution < 1.29 is 0 Å². The smallest absolute Gasteiger partial charge is 0.183 e. The summed E-state index contributed by atoms with van der Waals surface area (Å²) in [5.74, 6) is 0. The summed E-state index contributed by atoms with van der Waals surface area (Å²) in [6.07, 6.45) is 6.99. The standard InChI is InChI=1S/C21H33NSi/c1-20(2,3)16-17-12-11-15-19(17)23(7,22-21(4,5)6)18-13-9-8-10-14-18/h8-14,22H,15-16H2,1-7H3. The summed E-state index contributed by atoms with van der Waals surface area (Å²) >= 11 is 0. The average Bonchev–Trinajstić information content (AvgIpc) is 2.84. The van der Waals surface area contributed by atoms with Crippen LogP contribution in [0.25, 0.3) is 0 Å². The van der Waals surface area contributed by atoms with Gasteiger partial charge in [-0.05, 0) is 50.8 Å². The van der Waals surface area contributed by atoms with E-state index in [9.17, 15) is 0 Å². The van der Waals surface area contributed by atoms with E-state index in [4.69, 9.17) is 0 Å². The van der Waals surface area contributed by atoms with Gasteiger partial charge in [-0.3, -0.25) is 0 Å². The molecule has 126 valence electrons. The molecule has 1 unspecified atom stereocenters. The number of benzene rings is 1.